The standard InChI is InChI=1S/C33H34N8O3S/c1-20-8-9-21(2)25(15-20)41-28(16-27(39-41)33(3,4)5)38-30(43)37-23-17-34-31(35-18-23)44-24-12-10-22(11-13-24)26-19-36-32(45-26)40-14-6-7-29(40)42/h8-13,15-19H,6-7,14H2,1-5H3,(H2,37,38,43). The van der Waals surface area contributed by atoms with Crippen molar-refractivity contribution >= 4 is 39.9 Å². The monoisotopic (exact) mass is 622 g/mol. The summed E-state index contributed by atoms with van der Waals surface area (Å²) < 4.78 is 7.59. The molecule has 1 saturated heterocycles. The van der Waals surface area contributed by atoms with Crippen LogP contribution in [0.15, 0.2) is 67.1 Å². The molecule has 0 radical (unpaired) electrons. The second-order valence-corrected chi connectivity index (χ2v) is 13.0. The SMILES string of the molecule is Cc1ccc(C)c(-n2nc(C(C)(C)C)cc2NC(=O)Nc2cnc(Oc3ccc(-c4cnc(N5CCCC5=O)s4)cc3)nc2)c1. The molecule has 0 unspecified atom stereocenters. The third-order valence-electron chi connectivity index (χ3n) is 7.34. The molecule has 4 heterocycles. The number of nitrogens with zero attached hydrogens (tertiary/aromatic N) is 6. The first kappa shape index (κ1) is 29.9. The van der Waals surface area contributed by atoms with Gasteiger partial charge < -0.3 is 10.1 Å². The van der Waals surface area contributed by atoms with Crippen molar-refractivity contribution in [2.45, 2.75) is 52.9 Å². The van der Waals surface area contributed by atoms with Crippen LogP contribution >= 0.6 is 11.3 Å². The van der Waals surface area contributed by atoms with E-state index < -0.39 is 6.03 Å². The van der Waals surface area contributed by atoms with Gasteiger partial charge in [-0.1, -0.05) is 44.2 Å². The van der Waals surface area contributed by atoms with E-state index >= 15 is 0 Å². The summed E-state index contributed by atoms with van der Waals surface area (Å²) >= 11 is 1.49. The first-order valence-corrected chi connectivity index (χ1v) is 15.5. The van der Waals surface area contributed by atoms with Gasteiger partial charge in [0.1, 0.15) is 11.6 Å². The first-order valence-electron chi connectivity index (χ1n) is 14.7. The van der Waals surface area contributed by atoms with Gasteiger partial charge in [-0.25, -0.2) is 24.4 Å². The van der Waals surface area contributed by atoms with E-state index in [1.54, 1.807) is 15.8 Å². The molecule has 1 aliphatic rings. The van der Waals surface area contributed by atoms with E-state index in [0.717, 1.165) is 51.0 Å². The smallest absolute Gasteiger partial charge is 0.324 e. The van der Waals surface area contributed by atoms with Gasteiger partial charge in [0.15, 0.2) is 5.13 Å². The Labute approximate surface area is 265 Å². The van der Waals surface area contributed by atoms with Crippen LogP contribution in [0.4, 0.5) is 21.4 Å². The molecule has 0 atom stereocenters. The van der Waals surface area contributed by atoms with Crippen LogP contribution in [-0.4, -0.2) is 43.2 Å². The number of anilines is 3. The van der Waals surface area contributed by atoms with Gasteiger partial charge >= 0.3 is 12.0 Å². The van der Waals surface area contributed by atoms with Crippen LogP contribution in [0.2, 0.25) is 0 Å². The van der Waals surface area contributed by atoms with E-state index in [9.17, 15) is 9.59 Å². The minimum atomic E-state index is -0.449. The Kier molecular flexibility index (Phi) is 8.07. The molecule has 2 N–H and O–H groups in total. The summed E-state index contributed by atoms with van der Waals surface area (Å²) in [6.45, 7) is 11.0. The number of hydrogen-bond acceptors (Lipinski definition) is 8. The van der Waals surface area contributed by atoms with E-state index in [1.165, 1.54) is 23.7 Å². The van der Waals surface area contributed by atoms with Gasteiger partial charge in [-0.05, 0) is 67.3 Å². The van der Waals surface area contributed by atoms with Gasteiger partial charge in [-0.2, -0.15) is 5.10 Å². The fraction of sp³-hybridized carbons (Fsp3) is 0.273. The molecule has 3 amide bonds. The van der Waals surface area contributed by atoms with E-state index in [1.807, 2.05) is 62.4 Å². The van der Waals surface area contributed by atoms with Gasteiger partial charge in [0.2, 0.25) is 5.91 Å². The average molecular weight is 623 g/mol. The number of ether oxygens (including phenoxy) is 1. The number of hydrogen-bond donors (Lipinski definition) is 2. The van der Waals surface area contributed by atoms with Crippen molar-refractivity contribution in [1.29, 1.82) is 0 Å². The molecular weight excluding hydrogens is 588 g/mol. The molecule has 5 aromatic rings. The maximum absolute atomic E-state index is 13.0. The third kappa shape index (κ3) is 6.70. The number of urea groups is 1. The highest BCUT2D eigenvalue weighted by atomic mass is 32.1. The number of carbonyl (C=O) groups excluding carboxylic acids is 2. The van der Waals surface area contributed by atoms with Gasteiger partial charge in [0.05, 0.1) is 34.3 Å². The second kappa shape index (κ2) is 12.1. The Hall–Kier alpha value is -5.10. The average Bonchev–Trinajstić information content (AvgIpc) is 3.76. The fourth-order valence-corrected chi connectivity index (χ4v) is 5.81. The Morgan fingerprint density at radius 3 is 2.40 bits per heavy atom. The summed E-state index contributed by atoms with van der Waals surface area (Å²) in [5.41, 5.74) is 5.05. The molecule has 0 spiro atoms. The largest absolute Gasteiger partial charge is 0.424 e. The molecule has 0 saturated carbocycles. The van der Waals surface area contributed by atoms with Gasteiger partial charge in [-0.15, -0.1) is 0 Å². The normalized spacial score (nSPS) is 13.3. The maximum atomic E-state index is 13.0. The van der Waals surface area contributed by atoms with Crippen molar-refractivity contribution in [3.63, 3.8) is 0 Å². The summed E-state index contributed by atoms with van der Waals surface area (Å²) in [6, 6.07) is 15.2. The zero-order chi connectivity index (χ0) is 31.7. The molecule has 3 aromatic heterocycles. The predicted molar refractivity (Wildman–Crippen MR) is 176 cm³/mol. The molecule has 2 aromatic carbocycles. The van der Waals surface area contributed by atoms with Crippen LogP contribution < -0.4 is 20.3 Å². The lowest BCUT2D eigenvalue weighted by molar-refractivity contribution is -0.117. The van der Waals surface area contributed by atoms with Gasteiger partial charge in [-0.3, -0.25) is 15.0 Å². The Bertz CT molecular complexity index is 1860. The van der Waals surface area contributed by atoms with Gasteiger partial charge in [0.25, 0.3) is 0 Å². The van der Waals surface area contributed by atoms with E-state index in [4.69, 9.17) is 9.84 Å². The van der Waals surface area contributed by atoms with Crippen molar-refractivity contribution in [3.8, 4) is 27.9 Å². The molecule has 45 heavy (non-hydrogen) atoms. The third-order valence-corrected chi connectivity index (χ3v) is 8.41. The number of aryl methyl sites for hydroxylation is 2. The molecule has 6 rings (SSSR count). The highest BCUT2D eigenvalue weighted by Gasteiger charge is 2.25. The number of thiazole rings is 1. The predicted octanol–water partition coefficient (Wildman–Crippen LogP) is 7.26. The lowest BCUT2D eigenvalue weighted by Crippen LogP contribution is -2.23. The topological polar surface area (TPSA) is 127 Å². The van der Waals surface area contributed by atoms with Crippen LogP contribution in [0.1, 0.15) is 50.4 Å². The molecule has 11 nitrogen and oxygen atoms in total. The summed E-state index contributed by atoms with van der Waals surface area (Å²) in [6.07, 6.45) is 6.19. The Morgan fingerprint density at radius 2 is 1.71 bits per heavy atom. The number of nitrogens with one attached hydrogen (secondary N) is 2. The Balaban J connectivity index is 1.10. The lowest BCUT2D eigenvalue weighted by Gasteiger charge is -2.14. The van der Waals surface area contributed by atoms with Crippen molar-refractivity contribution in [2.24, 2.45) is 0 Å². The number of carbonyl (C=O) groups is 2. The summed E-state index contributed by atoms with van der Waals surface area (Å²) in [7, 11) is 0. The highest BCUT2D eigenvalue weighted by Crippen LogP contribution is 2.34. The van der Waals surface area contributed by atoms with E-state index in [-0.39, 0.29) is 17.3 Å². The maximum Gasteiger partial charge on any atom is 0.324 e. The lowest BCUT2D eigenvalue weighted by atomic mass is 9.92. The van der Waals surface area contributed by atoms with Crippen LogP contribution in [0.3, 0.4) is 0 Å². The molecule has 0 bridgehead atoms. The minimum Gasteiger partial charge on any atom is -0.424 e. The quantitative estimate of drug-likeness (QED) is 0.196. The van der Waals surface area contributed by atoms with Gasteiger partial charge in [0, 0.05) is 30.6 Å². The number of rotatable bonds is 7. The highest BCUT2D eigenvalue weighted by molar-refractivity contribution is 7.19. The zero-order valence-electron chi connectivity index (χ0n) is 25.8. The molecule has 230 valence electrons. The summed E-state index contributed by atoms with van der Waals surface area (Å²) in [4.78, 5) is 40.7. The van der Waals surface area contributed by atoms with Crippen LogP contribution in [0, 0.1) is 13.8 Å². The fourth-order valence-electron chi connectivity index (χ4n) is 4.85. The van der Waals surface area contributed by atoms with Crippen LogP contribution in [0.5, 0.6) is 11.8 Å². The molecule has 1 fully saturated rings. The second-order valence-electron chi connectivity index (χ2n) is 12.0. The first-order chi connectivity index (χ1) is 21.5. The van der Waals surface area contributed by atoms with Crippen molar-refractivity contribution in [1.82, 2.24) is 24.7 Å². The van der Waals surface area contributed by atoms with Crippen LogP contribution in [0.25, 0.3) is 16.1 Å². The molecule has 1 aliphatic heterocycles. The minimum absolute atomic E-state index is 0.122. The summed E-state index contributed by atoms with van der Waals surface area (Å²) in [5.74, 6) is 1.23. The molecular formula is C33H34N8O3S. The number of aromatic nitrogens is 5. The van der Waals surface area contributed by atoms with Crippen molar-refractivity contribution < 1.29 is 14.3 Å². The van der Waals surface area contributed by atoms with E-state index in [2.05, 4.69) is 46.4 Å². The molecule has 0 aliphatic carbocycles. The molecule has 12 heteroatoms. The zero-order valence-corrected chi connectivity index (χ0v) is 26.6. The Morgan fingerprint density at radius 1 is 0.956 bits per heavy atom. The van der Waals surface area contributed by atoms with Crippen molar-refractivity contribution in [2.75, 3.05) is 22.1 Å². The van der Waals surface area contributed by atoms with Crippen LogP contribution in [-0.2, 0) is 10.2 Å². The van der Waals surface area contributed by atoms with Crippen molar-refractivity contribution in [3.05, 3.63) is 83.9 Å². The number of amides is 3. The summed E-state index contributed by atoms with van der Waals surface area (Å²) in [5, 5.41) is 11.3. The number of benzene rings is 2. The van der Waals surface area contributed by atoms with E-state index in [0.29, 0.717) is 23.7 Å².